The van der Waals surface area contributed by atoms with Gasteiger partial charge in [0.05, 0.1) is 0 Å². The molecule has 3 nitrogen and oxygen atoms in total. The number of aromatic hydroxyl groups is 1. The number of halogens is 1. The Morgan fingerprint density at radius 3 is 2.50 bits per heavy atom. The molecule has 0 heterocycles. The van der Waals surface area contributed by atoms with Gasteiger partial charge in [-0.25, -0.2) is 4.39 Å². The van der Waals surface area contributed by atoms with E-state index in [1.165, 1.54) is 12.1 Å². The first-order valence-electron chi connectivity index (χ1n) is 5.21. The third-order valence-corrected chi connectivity index (χ3v) is 2.63. The third-order valence-electron chi connectivity index (χ3n) is 2.63. The Balaban J connectivity index is 2.74. The lowest BCUT2D eigenvalue weighted by Gasteiger charge is -2.15. The van der Waals surface area contributed by atoms with E-state index >= 15 is 0 Å². The number of hydrogen-bond acceptors (Lipinski definition) is 2. The highest BCUT2D eigenvalue weighted by molar-refractivity contribution is 5.92. The molecule has 1 amide bonds. The number of phenolic OH excluding ortho intramolecular Hbond substituents is 1. The van der Waals surface area contributed by atoms with Crippen LogP contribution in [0.4, 0.5) is 10.1 Å². The first kappa shape index (κ1) is 12.5. The molecule has 1 rings (SSSR count). The predicted molar refractivity (Wildman–Crippen MR) is 60.7 cm³/mol. The van der Waals surface area contributed by atoms with Gasteiger partial charge in [0.1, 0.15) is 0 Å². The summed E-state index contributed by atoms with van der Waals surface area (Å²) < 4.78 is 13.0. The first-order chi connectivity index (χ1) is 7.41. The number of benzene rings is 1. The normalized spacial score (nSPS) is 12.6. The van der Waals surface area contributed by atoms with Crippen LogP contribution in [-0.4, -0.2) is 11.0 Å². The third kappa shape index (κ3) is 2.95. The molecular weight excluding hydrogens is 209 g/mol. The lowest BCUT2D eigenvalue weighted by Crippen LogP contribution is -2.24. The highest BCUT2D eigenvalue weighted by atomic mass is 19.1. The van der Waals surface area contributed by atoms with Gasteiger partial charge in [-0.2, -0.15) is 0 Å². The second-order valence-electron chi connectivity index (χ2n) is 4.19. The number of nitrogens with one attached hydrogen (secondary N) is 1. The van der Waals surface area contributed by atoms with Gasteiger partial charge < -0.3 is 10.4 Å². The molecule has 16 heavy (non-hydrogen) atoms. The first-order valence-corrected chi connectivity index (χ1v) is 5.21. The van der Waals surface area contributed by atoms with E-state index < -0.39 is 11.6 Å². The van der Waals surface area contributed by atoms with E-state index in [1.54, 1.807) is 0 Å². The molecule has 1 atom stereocenters. The smallest absolute Gasteiger partial charge is 0.227 e. The van der Waals surface area contributed by atoms with Gasteiger partial charge in [-0.1, -0.05) is 20.8 Å². The molecule has 0 aliphatic rings. The largest absolute Gasteiger partial charge is 0.505 e. The summed E-state index contributed by atoms with van der Waals surface area (Å²) in [6, 6.07) is 3.77. The lowest BCUT2D eigenvalue weighted by molar-refractivity contribution is -0.120. The number of anilines is 1. The van der Waals surface area contributed by atoms with E-state index in [1.807, 2.05) is 20.8 Å². The van der Waals surface area contributed by atoms with Crippen LogP contribution in [0.3, 0.4) is 0 Å². The van der Waals surface area contributed by atoms with Gasteiger partial charge >= 0.3 is 0 Å². The van der Waals surface area contributed by atoms with Crippen LogP contribution in [0.2, 0.25) is 0 Å². The summed E-state index contributed by atoms with van der Waals surface area (Å²) in [6.45, 7) is 5.71. The number of carbonyl (C=O) groups excluding carboxylic acids is 1. The number of hydrogen-bond donors (Lipinski definition) is 2. The molecular formula is C12H16FNO2. The Labute approximate surface area is 94.3 Å². The quantitative estimate of drug-likeness (QED) is 0.777. The van der Waals surface area contributed by atoms with Crippen molar-refractivity contribution >= 4 is 11.6 Å². The second kappa shape index (κ2) is 4.96. The van der Waals surface area contributed by atoms with Crippen molar-refractivity contribution < 1.29 is 14.3 Å². The fourth-order valence-corrected chi connectivity index (χ4v) is 1.14. The van der Waals surface area contributed by atoms with Crippen molar-refractivity contribution in [3.8, 4) is 5.75 Å². The number of amides is 1. The summed E-state index contributed by atoms with van der Waals surface area (Å²) in [4.78, 5) is 11.7. The van der Waals surface area contributed by atoms with Gasteiger partial charge in [-0.15, -0.1) is 0 Å². The Bertz CT molecular complexity index is 391. The SMILES string of the molecule is CC(C)C(C)C(=O)Nc1ccc(O)c(F)c1. The summed E-state index contributed by atoms with van der Waals surface area (Å²) in [7, 11) is 0. The van der Waals surface area contributed by atoms with E-state index in [-0.39, 0.29) is 17.7 Å². The van der Waals surface area contributed by atoms with Crippen LogP contribution in [0.5, 0.6) is 5.75 Å². The van der Waals surface area contributed by atoms with Crippen molar-refractivity contribution in [2.75, 3.05) is 5.32 Å². The summed E-state index contributed by atoms with van der Waals surface area (Å²) in [5.41, 5.74) is 0.354. The summed E-state index contributed by atoms with van der Waals surface area (Å²) in [5.74, 6) is -1.23. The second-order valence-corrected chi connectivity index (χ2v) is 4.19. The van der Waals surface area contributed by atoms with Crippen molar-refractivity contribution in [1.29, 1.82) is 0 Å². The zero-order chi connectivity index (χ0) is 12.3. The molecule has 1 unspecified atom stereocenters. The molecule has 88 valence electrons. The number of phenols is 1. The molecule has 0 aliphatic carbocycles. The van der Waals surface area contributed by atoms with Crippen molar-refractivity contribution in [1.82, 2.24) is 0 Å². The van der Waals surface area contributed by atoms with E-state index in [9.17, 15) is 9.18 Å². The molecule has 0 saturated carbocycles. The fourth-order valence-electron chi connectivity index (χ4n) is 1.14. The molecule has 4 heteroatoms. The predicted octanol–water partition coefficient (Wildman–Crippen LogP) is 2.76. The molecule has 2 N–H and O–H groups in total. The molecule has 0 saturated heterocycles. The van der Waals surface area contributed by atoms with E-state index in [4.69, 9.17) is 5.11 Å². The van der Waals surface area contributed by atoms with Crippen LogP contribution >= 0.6 is 0 Å². The van der Waals surface area contributed by atoms with Crippen LogP contribution in [0.1, 0.15) is 20.8 Å². The molecule has 0 fully saturated rings. The minimum atomic E-state index is -0.741. The van der Waals surface area contributed by atoms with Crippen LogP contribution < -0.4 is 5.32 Å². The van der Waals surface area contributed by atoms with Gasteiger partial charge in [0.25, 0.3) is 0 Å². The number of carbonyl (C=O) groups is 1. The summed E-state index contributed by atoms with van der Waals surface area (Å²) in [6.07, 6.45) is 0. The minimum absolute atomic E-state index is 0.142. The molecule has 0 bridgehead atoms. The average molecular weight is 225 g/mol. The van der Waals surface area contributed by atoms with Gasteiger partial charge in [0, 0.05) is 17.7 Å². The molecule has 0 spiro atoms. The molecule has 0 radical (unpaired) electrons. The minimum Gasteiger partial charge on any atom is -0.505 e. The Hall–Kier alpha value is -1.58. The summed E-state index contributed by atoms with van der Waals surface area (Å²) in [5, 5.41) is 11.6. The van der Waals surface area contributed by atoms with E-state index in [0.717, 1.165) is 6.07 Å². The zero-order valence-electron chi connectivity index (χ0n) is 9.62. The zero-order valence-corrected chi connectivity index (χ0v) is 9.62. The van der Waals surface area contributed by atoms with E-state index in [0.29, 0.717) is 5.69 Å². The van der Waals surface area contributed by atoms with Crippen LogP contribution in [0, 0.1) is 17.7 Å². The Kier molecular flexibility index (Phi) is 3.88. The Morgan fingerprint density at radius 1 is 1.38 bits per heavy atom. The van der Waals surface area contributed by atoms with Crippen LogP contribution in [0.25, 0.3) is 0 Å². The van der Waals surface area contributed by atoms with Crippen molar-refractivity contribution in [2.45, 2.75) is 20.8 Å². The maximum absolute atomic E-state index is 13.0. The highest BCUT2D eigenvalue weighted by Crippen LogP contribution is 2.20. The molecule has 1 aromatic rings. The molecule has 1 aromatic carbocycles. The van der Waals surface area contributed by atoms with Crippen molar-refractivity contribution in [3.05, 3.63) is 24.0 Å². The number of rotatable bonds is 3. The van der Waals surface area contributed by atoms with Crippen molar-refractivity contribution in [3.63, 3.8) is 0 Å². The van der Waals surface area contributed by atoms with Crippen LogP contribution in [0.15, 0.2) is 18.2 Å². The highest BCUT2D eigenvalue weighted by Gasteiger charge is 2.16. The van der Waals surface area contributed by atoms with Gasteiger partial charge in [-0.05, 0) is 18.1 Å². The molecule has 0 aromatic heterocycles. The van der Waals surface area contributed by atoms with Crippen molar-refractivity contribution in [2.24, 2.45) is 11.8 Å². The standard InChI is InChI=1S/C12H16FNO2/c1-7(2)8(3)12(16)14-9-4-5-11(15)10(13)6-9/h4-8,15H,1-3H3,(H,14,16). The topological polar surface area (TPSA) is 49.3 Å². The Morgan fingerprint density at radius 2 is 2.00 bits per heavy atom. The monoisotopic (exact) mass is 225 g/mol. The van der Waals surface area contributed by atoms with Crippen LogP contribution in [-0.2, 0) is 4.79 Å². The van der Waals surface area contributed by atoms with Gasteiger partial charge in [-0.3, -0.25) is 4.79 Å². The van der Waals surface area contributed by atoms with Gasteiger partial charge in [0.2, 0.25) is 5.91 Å². The average Bonchev–Trinajstić information content (AvgIpc) is 2.22. The fraction of sp³-hybridized carbons (Fsp3) is 0.417. The van der Waals surface area contributed by atoms with E-state index in [2.05, 4.69) is 5.32 Å². The maximum Gasteiger partial charge on any atom is 0.227 e. The maximum atomic E-state index is 13.0. The van der Waals surface area contributed by atoms with Gasteiger partial charge in [0.15, 0.2) is 11.6 Å². The molecule has 0 aliphatic heterocycles. The lowest BCUT2D eigenvalue weighted by atomic mass is 9.97. The summed E-state index contributed by atoms with van der Waals surface area (Å²) >= 11 is 0.